The number of amides is 1. The summed E-state index contributed by atoms with van der Waals surface area (Å²) in [6.07, 6.45) is 2.09. The molecule has 7 heteroatoms. The minimum atomic E-state index is -0.569. The van der Waals surface area contributed by atoms with E-state index in [4.69, 9.17) is 0 Å². The second-order valence-corrected chi connectivity index (χ2v) is 4.10. The number of nitro groups is 1. The molecule has 0 aromatic carbocycles. The number of aromatic nitrogens is 2. The first-order valence-corrected chi connectivity index (χ1v) is 5.20. The van der Waals surface area contributed by atoms with Gasteiger partial charge in [0.15, 0.2) is 5.69 Å². The summed E-state index contributed by atoms with van der Waals surface area (Å²) in [5, 5.41) is 14.3. The van der Waals surface area contributed by atoms with Crippen LogP contribution in [0, 0.1) is 10.1 Å². The summed E-state index contributed by atoms with van der Waals surface area (Å²) < 4.78 is 1.43. The standard InChI is InChI=1S/C9H10N4O3/c14-9-7-5-8(13(15)16)10-12(7)4-3-11(9)6-1-2-6/h5-6H,1-4H2. The van der Waals surface area contributed by atoms with Crippen LogP contribution in [-0.2, 0) is 6.54 Å². The molecule has 0 bridgehead atoms. The maximum atomic E-state index is 12.0. The Balaban J connectivity index is 1.96. The minimum Gasteiger partial charge on any atom is -0.358 e. The third kappa shape index (κ3) is 1.28. The lowest BCUT2D eigenvalue weighted by atomic mass is 10.3. The SMILES string of the molecule is O=C1c2cc([N+](=O)[O-])nn2CCN1C1CC1. The average Bonchev–Trinajstić information content (AvgIpc) is 2.96. The molecule has 16 heavy (non-hydrogen) atoms. The van der Waals surface area contributed by atoms with Crippen molar-refractivity contribution >= 4 is 11.7 Å². The van der Waals surface area contributed by atoms with Gasteiger partial charge in [0, 0.05) is 12.6 Å². The molecule has 1 aliphatic carbocycles. The molecule has 0 atom stereocenters. The summed E-state index contributed by atoms with van der Waals surface area (Å²) in [6.45, 7) is 1.15. The Hall–Kier alpha value is -1.92. The van der Waals surface area contributed by atoms with Crippen molar-refractivity contribution in [3.8, 4) is 0 Å². The van der Waals surface area contributed by atoms with E-state index in [9.17, 15) is 14.9 Å². The zero-order chi connectivity index (χ0) is 11.3. The molecular formula is C9H10N4O3. The molecule has 7 nitrogen and oxygen atoms in total. The van der Waals surface area contributed by atoms with Crippen LogP contribution in [0.2, 0.25) is 0 Å². The molecule has 0 saturated heterocycles. The summed E-state index contributed by atoms with van der Waals surface area (Å²) in [5.41, 5.74) is 0.338. The highest BCUT2D eigenvalue weighted by Gasteiger charge is 2.38. The summed E-state index contributed by atoms with van der Waals surface area (Å²) in [5.74, 6) is -0.379. The zero-order valence-corrected chi connectivity index (χ0v) is 8.50. The van der Waals surface area contributed by atoms with Crippen LogP contribution in [0.4, 0.5) is 5.82 Å². The molecule has 2 aliphatic rings. The lowest BCUT2D eigenvalue weighted by Gasteiger charge is -2.25. The molecule has 1 amide bonds. The predicted octanol–water partition coefficient (Wildman–Crippen LogP) is 0.409. The van der Waals surface area contributed by atoms with Gasteiger partial charge in [0.1, 0.15) is 0 Å². The Morgan fingerprint density at radius 2 is 2.19 bits per heavy atom. The van der Waals surface area contributed by atoms with Gasteiger partial charge < -0.3 is 15.0 Å². The van der Waals surface area contributed by atoms with E-state index in [1.54, 1.807) is 4.90 Å². The van der Waals surface area contributed by atoms with Crippen LogP contribution >= 0.6 is 0 Å². The fraction of sp³-hybridized carbons (Fsp3) is 0.556. The van der Waals surface area contributed by atoms with Crippen molar-refractivity contribution in [2.45, 2.75) is 25.4 Å². The molecule has 1 saturated carbocycles. The molecule has 3 rings (SSSR count). The summed E-state index contributed by atoms with van der Waals surface area (Å²) in [7, 11) is 0. The van der Waals surface area contributed by atoms with Crippen LogP contribution in [0.15, 0.2) is 6.07 Å². The first kappa shape index (κ1) is 9.32. The van der Waals surface area contributed by atoms with E-state index in [-0.39, 0.29) is 11.7 Å². The van der Waals surface area contributed by atoms with Gasteiger partial charge in [-0.3, -0.25) is 4.79 Å². The number of rotatable bonds is 2. The Morgan fingerprint density at radius 1 is 1.44 bits per heavy atom. The molecule has 1 aromatic rings. The van der Waals surface area contributed by atoms with E-state index >= 15 is 0 Å². The van der Waals surface area contributed by atoms with Crippen molar-refractivity contribution in [2.75, 3.05) is 6.54 Å². The van der Waals surface area contributed by atoms with Gasteiger partial charge in [-0.05, 0) is 17.8 Å². The smallest absolute Gasteiger partial charge is 0.358 e. The lowest BCUT2D eigenvalue weighted by molar-refractivity contribution is -0.389. The minimum absolute atomic E-state index is 0.130. The first-order chi connectivity index (χ1) is 7.66. The molecular weight excluding hydrogens is 212 g/mol. The van der Waals surface area contributed by atoms with Crippen LogP contribution in [0.5, 0.6) is 0 Å². The number of hydrogen-bond donors (Lipinski definition) is 0. The van der Waals surface area contributed by atoms with E-state index < -0.39 is 4.92 Å². The third-order valence-corrected chi connectivity index (χ3v) is 2.97. The largest absolute Gasteiger partial charge is 0.390 e. The summed E-state index contributed by atoms with van der Waals surface area (Å²) in [4.78, 5) is 23.8. The average molecular weight is 222 g/mol. The summed E-state index contributed by atoms with van der Waals surface area (Å²) in [6, 6.07) is 1.60. The molecule has 1 aromatic heterocycles. The Morgan fingerprint density at radius 3 is 2.81 bits per heavy atom. The molecule has 1 fully saturated rings. The highest BCUT2D eigenvalue weighted by atomic mass is 16.6. The molecule has 84 valence electrons. The van der Waals surface area contributed by atoms with Gasteiger partial charge in [-0.25, -0.2) is 0 Å². The fourth-order valence-electron chi connectivity index (χ4n) is 2.02. The van der Waals surface area contributed by atoms with Gasteiger partial charge in [-0.2, -0.15) is 4.68 Å². The number of carbonyl (C=O) groups excluding carboxylic acids is 1. The Bertz CT molecular complexity index is 477. The van der Waals surface area contributed by atoms with E-state index in [1.807, 2.05) is 0 Å². The quantitative estimate of drug-likeness (QED) is 0.536. The van der Waals surface area contributed by atoms with Gasteiger partial charge in [0.25, 0.3) is 5.91 Å². The van der Waals surface area contributed by atoms with Gasteiger partial charge in [-0.1, -0.05) is 0 Å². The van der Waals surface area contributed by atoms with Crippen LogP contribution in [-0.4, -0.2) is 38.1 Å². The molecule has 0 spiro atoms. The van der Waals surface area contributed by atoms with Crippen LogP contribution in [0.1, 0.15) is 23.3 Å². The van der Waals surface area contributed by atoms with Crippen molar-refractivity contribution in [1.29, 1.82) is 0 Å². The summed E-state index contributed by atoms with van der Waals surface area (Å²) >= 11 is 0. The maximum absolute atomic E-state index is 12.0. The Kier molecular flexibility index (Phi) is 1.77. The zero-order valence-electron chi connectivity index (χ0n) is 8.50. The number of fused-ring (bicyclic) bond motifs is 1. The lowest BCUT2D eigenvalue weighted by Crippen LogP contribution is -2.41. The fourth-order valence-corrected chi connectivity index (χ4v) is 2.02. The highest BCUT2D eigenvalue weighted by Crippen LogP contribution is 2.30. The monoisotopic (exact) mass is 222 g/mol. The molecule has 2 heterocycles. The first-order valence-electron chi connectivity index (χ1n) is 5.20. The molecule has 0 radical (unpaired) electrons. The number of hydrogen-bond acceptors (Lipinski definition) is 4. The molecule has 0 unspecified atom stereocenters. The van der Waals surface area contributed by atoms with E-state index in [2.05, 4.69) is 5.10 Å². The van der Waals surface area contributed by atoms with Crippen molar-refractivity contribution in [1.82, 2.24) is 14.7 Å². The van der Waals surface area contributed by atoms with Gasteiger partial charge in [0.05, 0.1) is 17.7 Å². The van der Waals surface area contributed by atoms with Crippen LogP contribution in [0.3, 0.4) is 0 Å². The van der Waals surface area contributed by atoms with Gasteiger partial charge >= 0.3 is 5.82 Å². The van der Waals surface area contributed by atoms with Crippen molar-refractivity contribution in [2.24, 2.45) is 0 Å². The maximum Gasteiger partial charge on any atom is 0.390 e. The van der Waals surface area contributed by atoms with E-state index in [0.29, 0.717) is 24.8 Å². The molecule has 1 aliphatic heterocycles. The van der Waals surface area contributed by atoms with Crippen molar-refractivity contribution in [3.05, 3.63) is 21.9 Å². The van der Waals surface area contributed by atoms with Crippen LogP contribution in [0.25, 0.3) is 0 Å². The van der Waals surface area contributed by atoms with Crippen LogP contribution < -0.4 is 0 Å². The van der Waals surface area contributed by atoms with Crippen molar-refractivity contribution < 1.29 is 9.72 Å². The predicted molar refractivity (Wildman–Crippen MR) is 52.9 cm³/mol. The number of carbonyl (C=O) groups is 1. The Labute approximate surface area is 90.8 Å². The van der Waals surface area contributed by atoms with Crippen molar-refractivity contribution in [3.63, 3.8) is 0 Å². The van der Waals surface area contributed by atoms with Gasteiger partial charge in [0.2, 0.25) is 0 Å². The van der Waals surface area contributed by atoms with E-state index in [1.165, 1.54) is 10.7 Å². The molecule has 0 N–H and O–H groups in total. The topological polar surface area (TPSA) is 81.3 Å². The third-order valence-electron chi connectivity index (χ3n) is 2.97. The van der Waals surface area contributed by atoms with E-state index in [0.717, 1.165) is 12.8 Å². The van der Waals surface area contributed by atoms with Gasteiger partial charge in [-0.15, -0.1) is 0 Å². The second-order valence-electron chi connectivity index (χ2n) is 4.10. The second kappa shape index (κ2) is 3.03. The normalized spacial score (nSPS) is 19.8. The number of nitrogens with zero attached hydrogens (tertiary/aromatic N) is 4. The highest BCUT2D eigenvalue weighted by molar-refractivity contribution is 5.94.